The van der Waals surface area contributed by atoms with Crippen LogP contribution in [0.15, 0.2) is 30.3 Å². The molecule has 0 aliphatic carbocycles. The first-order valence-corrected chi connectivity index (χ1v) is 5.10. The second kappa shape index (κ2) is 4.36. The van der Waals surface area contributed by atoms with Gasteiger partial charge in [0.05, 0.1) is 0 Å². The second-order valence-corrected chi connectivity index (χ2v) is 4.00. The van der Waals surface area contributed by atoms with Gasteiger partial charge in [0.1, 0.15) is 0 Å². The fourth-order valence-corrected chi connectivity index (χ4v) is 1.86. The molecular weight excluding hydrogens is 255 g/mol. The van der Waals surface area contributed by atoms with Gasteiger partial charge >= 0.3 is 0 Å². The van der Waals surface area contributed by atoms with Gasteiger partial charge < -0.3 is 0 Å². The Labute approximate surface area is 101 Å². The lowest BCUT2D eigenvalue weighted by molar-refractivity contribution is 0.515. The molecule has 0 atom stereocenters. The zero-order chi connectivity index (χ0) is 11.7. The van der Waals surface area contributed by atoms with Gasteiger partial charge in [0.15, 0.2) is 0 Å². The van der Waals surface area contributed by atoms with Crippen LogP contribution in [0, 0.1) is 11.9 Å². The van der Waals surface area contributed by atoms with Crippen LogP contribution >= 0.6 is 23.2 Å². The van der Waals surface area contributed by atoms with Crippen LogP contribution in [0.25, 0.3) is 11.1 Å². The predicted molar refractivity (Wildman–Crippen MR) is 59.6 cm³/mol. The smallest absolute Gasteiger partial charge is 0.190 e. The van der Waals surface area contributed by atoms with Crippen LogP contribution in [0.2, 0.25) is 10.0 Å². The highest BCUT2D eigenvalue weighted by molar-refractivity contribution is 6.35. The third-order valence-electron chi connectivity index (χ3n) is 1.99. The molecule has 0 saturated heterocycles. The molecule has 2 rings (SSSR count). The molecule has 0 radical (unpaired) electrons. The van der Waals surface area contributed by atoms with Gasteiger partial charge in [0.2, 0.25) is 11.9 Å². The topological polar surface area (TPSA) is 12.9 Å². The standard InChI is InChI=1S/C11H5Cl2F2N/c12-7-3-6(4-8(13)5-7)9-1-2-10(14)16-11(9)15/h1-5H. The van der Waals surface area contributed by atoms with Gasteiger partial charge in [-0.15, -0.1) is 0 Å². The molecule has 0 unspecified atom stereocenters. The SMILES string of the molecule is Fc1ccc(-c2cc(Cl)cc(Cl)c2)c(F)n1. The van der Waals surface area contributed by atoms with Gasteiger partial charge in [-0.05, 0) is 35.9 Å². The molecule has 1 heterocycles. The molecule has 1 aromatic carbocycles. The molecule has 0 aliphatic rings. The summed E-state index contributed by atoms with van der Waals surface area (Å²) < 4.78 is 26.0. The first-order valence-electron chi connectivity index (χ1n) is 4.35. The number of pyridine rings is 1. The maximum Gasteiger partial charge on any atom is 0.223 e. The quantitative estimate of drug-likeness (QED) is 0.695. The van der Waals surface area contributed by atoms with E-state index in [1.807, 2.05) is 0 Å². The molecular formula is C11H5Cl2F2N. The molecule has 0 N–H and O–H groups in total. The zero-order valence-corrected chi connectivity index (χ0v) is 9.36. The van der Waals surface area contributed by atoms with Crippen molar-refractivity contribution in [2.24, 2.45) is 0 Å². The number of rotatable bonds is 1. The van der Waals surface area contributed by atoms with Gasteiger partial charge in [0, 0.05) is 15.6 Å². The highest BCUT2D eigenvalue weighted by atomic mass is 35.5. The fourth-order valence-electron chi connectivity index (χ4n) is 1.34. The van der Waals surface area contributed by atoms with Crippen LogP contribution in [0.1, 0.15) is 0 Å². The second-order valence-electron chi connectivity index (χ2n) is 3.13. The van der Waals surface area contributed by atoms with E-state index in [0.717, 1.165) is 6.07 Å². The van der Waals surface area contributed by atoms with Crippen molar-refractivity contribution in [1.29, 1.82) is 0 Å². The maximum absolute atomic E-state index is 13.4. The molecule has 0 amide bonds. The van der Waals surface area contributed by atoms with E-state index < -0.39 is 11.9 Å². The lowest BCUT2D eigenvalue weighted by atomic mass is 10.1. The van der Waals surface area contributed by atoms with Crippen molar-refractivity contribution in [3.63, 3.8) is 0 Å². The molecule has 82 valence electrons. The van der Waals surface area contributed by atoms with Gasteiger partial charge in [-0.1, -0.05) is 23.2 Å². The summed E-state index contributed by atoms with van der Waals surface area (Å²) in [7, 11) is 0. The first kappa shape index (κ1) is 11.3. The highest BCUT2D eigenvalue weighted by Crippen LogP contribution is 2.28. The average molecular weight is 260 g/mol. The van der Waals surface area contributed by atoms with E-state index in [-0.39, 0.29) is 5.56 Å². The van der Waals surface area contributed by atoms with Gasteiger partial charge in [-0.25, -0.2) is 0 Å². The van der Waals surface area contributed by atoms with Crippen LogP contribution in [-0.2, 0) is 0 Å². The molecule has 1 aromatic heterocycles. The first-order chi connectivity index (χ1) is 7.56. The normalized spacial score (nSPS) is 10.5. The van der Waals surface area contributed by atoms with Crippen LogP contribution in [0.3, 0.4) is 0 Å². The summed E-state index contributed by atoms with van der Waals surface area (Å²) in [6, 6.07) is 6.96. The Bertz CT molecular complexity index is 523. The number of benzene rings is 1. The average Bonchev–Trinajstić information content (AvgIpc) is 2.15. The number of nitrogens with zero attached hydrogens (tertiary/aromatic N) is 1. The molecule has 0 spiro atoms. The van der Waals surface area contributed by atoms with Crippen molar-refractivity contribution >= 4 is 23.2 Å². The summed E-state index contributed by atoms with van der Waals surface area (Å²) in [6.45, 7) is 0. The van der Waals surface area contributed by atoms with E-state index in [1.165, 1.54) is 24.3 Å². The Morgan fingerprint density at radius 1 is 0.938 bits per heavy atom. The van der Waals surface area contributed by atoms with Crippen LogP contribution in [0.4, 0.5) is 8.78 Å². The third-order valence-corrected chi connectivity index (χ3v) is 2.42. The van der Waals surface area contributed by atoms with E-state index in [0.29, 0.717) is 15.6 Å². The summed E-state index contributed by atoms with van der Waals surface area (Å²) in [4.78, 5) is 3.09. The molecule has 0 aliphatic heterocycles. The van der Waals surface area contributed by atoms with Crippen molar-refractivity contribution in [2.45, 2.75) is 0 Å². The minimum atomic E-state index is -0.890. The molecule has 1 nitrogen and oxygen atoms in total. The lowest BCUT2D eigenvalue weighted by Crippen LogP contribution is -1.92. The summed E-state index contributed by atoms with van der Waals surface area (Å²) in [6.07, 6.45) is 0. The van der Waals surface area contributed by atoms with E-state index in [9.17, 15) is 8.78 Å². The third kappa shape index (κ3) is 2.31. The number of hydrogen-bond acceptors (Lipinski definition) is 1. The Hall–Kier alpha value is -1.19. The molecule has 0 bridgehead atoms. The maximum atomic E-state index is 13.4. The van der Waals surface area contributed by atoms with E-state index in [2.05, 4.69) is 4.98 Å². The minimum absolute atomic E-state index is 0.158. The predicted octanol–water partition coefficient (Wildman–Crippen LogP) is 4.33. The highest BCUT2D eigenvalue weighted by Gasteiger charge is 2.09. The number of hydrogen-bond donors (Lipinski definition) is 0. The Kier molecular flexibility index (Phi) is 3.08. The number of aromatic nitrogens is 1. The van der Waals surface area contributed by atoms with Gasteiger partial charge in [0.25, 0.3) is 0 Å². The minimum Gasteiger partial charge on any atom is -0.190 e. The summed E-state index contributed by atoms with van der Waals surface area (Å²) in [5.41, 5.74) is 0.619. The lowest BCUT2D eigenvalue weighted by Gasteiger charge is -2.04. The Balaban J connectivity index is 2.58. The summed E-state index contributed by atoms with van der Waals surface area (Å²) in [5.74, 6) is -1.76. The van der Waals surface area contributed by atoms with Crippen molar-refractivity contribution in [3.8, 4) is 11.1 Å². The summed E-state index contributed by atoms with van der Waals surface area (Å²) in [5, 5.41) is 0.762. The van der Waals surface area contributed by atoms with Crippen LogP contribution < -0.4 is 0 Å². The molecule has 0 saturated carbocycles. The molecule has 0 fully saturated rings. The largest absolute Gasteiger partial charge is 0.223 e. The van der Waals surface area contributed by atoms with Crippen molar-refractivity contribution in [1.82, 2.24) is 4.98 Å². The summed E-state index contributed by atoms with van der Waals surface area (Å²) >= 11 is 11.6. The Morgan fingerprint density at radius 2 is 1.56 bits per heavy atom. The van der Waals surface area contributed by atoms with E-state index >= 15 is 0 Å². The fraction of sp³-hybridized carbons (Fsp3) is 0. The molecule has 5 heteroatoms. The van der Waals surface area contributed by atoms with Crippen LogP contribution in [0.5, 0.6) is 0 Å². The van der Waals surface area contributed by atoms with E-state index in [1.54, 1.807) is 0 Å². The zero-order valence-electron chi connectivity index (χ0n) is 7.85. The molecule has 16 heavy (non-hydrogen) atoms. The van der Waals surface area contributed by atoms with Crippen molar-refractivity contribution in [2.75, 3.05) is 0 Å². The van der Waals surface area contributed by atoms with E-state index in [4.69, 9.17) is 23.2 Å². The van der Waals surface area contributed by atoms with Crippen molar-refractivity contribution in [3.05, 3.63) is 52.3 Å². The number of halogens is 4. The van der Waals surface area contributed by atoms with Crippen molar-refractivity contribution < 1.29 is 8.78 Å². The molecule has 2 aromatic rings. The van der Waals surface area contributed by atoms with Gasteiger partial charge in [-0.3, -0.25) is 0 Å². The monoisotopic (exact) mass is 259 g/mol. The van der Waals surface area contributed by atoms with Crippen LogP contribution in [-0.4, -0.2) is 4.98 Å². The van der Waals surface area contributed by atoms with Gasteiger partial charge in [-0.2, -0.15) is 13.8 Å². The Morgan fingerprint density at radius 3 is 2.12 bits per heavy atom.